The molecule has 5 heteroatoms. The molecule has 1 aliphatic heterocycles. The molecule has 0 aromatic heterocycles. The number of nitrogens with zero attached hydrogens (tertiary/aromatic N) is 1. The van der Waals surface area contributed by atoms with E-state index in [9.17, 15) is 0 Å². The maximum absolute atomic E-state index is 5.45. The molecule has 0 fully saturated rings. The van der Waals surface area contributed by atoms with Crippen LogP contribution in [-0.4, -0.2) is 24.0 Å². The van der Waals surface area contributed by atoms with Gasteiger partial charge in [0.25, 0.3) is 0 Å². The molecule has 1 aromatic rings. The van der Waals surface area contributed by atoms with Crippen LogP contribution in [0, 0.1) is 0 Å². The third-order valence-electron chi connectivity index (χ3n) is 2.11. The molecule has 0 saturated carbocycles. The van der Waals surface area contributed by atoms with Crippen LogP contribution in [-0.2, 0) is 0 Å². The van der Waals surface area contributed by atoms with Crippen LogP contribution < -0.4 is 16.4 Å². The first kappa shape index (κ1) is 9.92. The lowest BCUT2D eigenvalue weighted by molar-refractivity contribution is 0.960. The molecule has 0 saturated heterocycles. The topological polar surface area (TPSA) is 62.4 Å². The van der Waals surface area contributed by atoms with Crippen LogP contribution in [0.1, 0.15) is 5.56 Å². The number of hydrogen-bond acceptors (Lipinski definition) is 3. The number of para-hydroxylation sites is 1. The molecule has 0 spiro atoms. The predicted octanol–water partition coefficient (Wildman–Crippen LogP) is 0.692. The summed E-state index contributed by atoms with van der Waals surface area (Å²) < 4.78 is 0. The first-order valence-electron chi connectivity index (χ1n) is 4.71. The number of nitrogens with two attached hydrogens (primary N) is 1. The SMILES string of the molecule is NC(=S)Nc1ccccc1C1=NCCN1. The Labute approximate surface area is 93.6 Å². The van der Waals surface area contributed by atoms with Gasteiger partial charge in [0.2, 0.25) is 0 Å². The van der Waals surface area contributed by atoms with E-state index in [1.54, 1.807) is 0 Å². The van der Waals surface area contributed by atoms with Gasteiger partial charge in [0.15, 0.2) is 5.11 Å². The van der Waals surface area contributed by atoms with E-state index in [0.29, 0.717) is 0 Å². The lowest BCUT2D eigenvalue weighted by Gasteiger charge is -2.10. The minimum absolute atomic E-state index is 0.265. The van der Waals surface area contributed by atoms with Crippen molar-refractivity contribution in [1.29, 1.82) is 0 Å². The lowest BCUT2D eigenvalue weighted by Crippen LogP contribution is -2.24. The van der Waals surface area contributed by atoms with Crippen LogP contribution in [0.4, 0.5) is 5.69 Å². The second kappa shape index (κ2) is 4.27. The highest BCUT2D eigenvalue weighted by molar-refractivity contribution is 7.80. The highest BCUT2D eigenvalue weighted by atomic mass is 32.1. The van der Waals surface area contributed by atoms with Crippen molar-refractivity contribution < 1.29 is 0 Å². The van der Waals surface area contributed by atoms with Gasteiger partial charge in [0, 0.05) is 12.1 Å². The molecule has 15 heavy (non-hydrogen) atoms. The highest BCUT2D eigenvalue weighted by Crippen LogP contribution is 2.16. The van der Waals surface area contributed by atoms with Crippen LogP contribution in [0.3, 0.4) is 0 Å². The smallest absolute Gasteiger partial charge is 0.168 e. The first-order chi connectivity index (χ1) is 7.27. The Kier molecular flexibility index (Phi) is 2.82. The Morgan fingerprint density at radius 1 is 1.47 bits per heavy atom. The number of aliphatic imine (C=N–C) groups is 1. The Hall–Kier alpha value is -1.62. The summed E-state index contributed by atoms with van der Waals surface area (Å²) in [5.74, 6) is 0.898. The largest absolute Gasteiger partial charge is 0.376 e. The number of amidine groups is 1. The van der Waals surface area contributed by atoms with Crippen molar-refractivity contribution in [3.63, 3.8) is 0 Å². The third-order valence-corrected chi connectivity index (χ3v) is 2.22. The van der Waals surface area contributed by atoms with E-state index in [1.165, 1.54) is 0 Å². The summed E-state index contributed by atoms with van der Waals surface area (Å²) in [6, 6.07) is 7.80. The predicted molar refractivity (Wildman–Crippen MR) is 66.3 cm³/mol. The van der Waals surface area contributed by atoms with Crippen LogP contribution in [0.15, 0.2) is 29.3 Å². The summed E-state index contributed by atoms with van der Waals surface area (Å²) in [4.78, 5) is 4.36. The van der Waals surface area contributed by atoms with Gasteiger partial charge in [0.1, 0.15) is 5.84 Å². The Morgan fingerprint density at radius 2 is 2.27 bits per heavy atom. The van der Waals surface area contributed by atoms with Gasteiger partial charge in [0.05, 0.1) is 12.2 Å². The van der Waals surface area contributed by atoms with Gasteiger partial charge in [-0.15, -0.1) is 0 Å². The zero-order valence-corrected chi connectivity index (χ0v) is 8.97. The third kappa shape index (κ3) is 2.24. The molecular formula is C10H12N4S. The standard InChI is InChI=1S/C10H12N4S/c11-10(15)14-8-4-2-1-3-7(8)9-12-5-6-13-9/h1-4H,5-6H2,(H,12,13)(H3,11,14,15). The van der Waals surface area contributed by atoms with Crippen molar-refractivity contribution in [2.24, 2.45) is 10.7 Å². The normalized spacial score (nSPS) is 14.3. The van der Waals surface area contributed by atoms with E-state index in [0.717, 1.165) is 30.2 Å². The molecular weight excluding hydrogens is 208 g/mol. The van der Waals surface area contributed by atoms with Gasteiger partial charge in [-0.1, -0.05) is 12.1 Å². The summed E-state index contributed by atoms with van der Waals surface area (Å²) in [6.07, 6.45) is 0. The second-order valence-electron chi connectivity index (χ2n) is 3.19. The number of rotatable bonds is 2. The monoisotopic (exact) mass is 220 g/mol. The molecule has 0 atom stereocenters. The molecule has 0 radical (unpaired) electrons. The minimum Gasteiger partial charge on any atom is -0.376 e. The Morgan fingerprint density at radius 3 is 2.93 bits per heavy atom. The Balaban J connectivity index is 2.33. The molecule has 1 heterocycles. The molecule has 2 rings (SSSR count). The van der Waals surface area contributed by atoms with Crippen molar-refractivity contribution in [2.75, 3.05) is 18.4 Å². The quantitative estimate of drug-likeness (QED) is 0.642. The molecule has 4 N–H and O–H groups in total. The van der Waals surface area contributed by atoms with Crippen LogP contribution in [0.5, 0.6) is 0 Å². The summed E-state index contributed by atoms with van der Waals surface area (Å²) in [5.41, 5.74) is 7.34. The molecule has 0 bridgehead atoms. The van der Waals surface area contributed by atoms with Gasteiger partial charge in [-0.3, -0.25) is 4.99 Å². The number of nitrogens with one attached hydrogen (secondary N) is 2. The van der Waals surface area contributed by atoms with Gasteiger partial charge >= 0.3 is 0 Å². The summed E-state index contributed by atoms with van der Waals surface area (Å²) >= 11 is 4.82. The molecule has 4 nitrogen and oxygen atoms in total. The molecule has 0 aliphatic carbocycles. The number of benzene rings is 1. The average molecular weight is 220 g/mol. The lowest BCUT2D eigenvalue weighted by atomic mass is 10.1. The van der Waals surface area contributed by atoms with Crippen molar-refractivity contribution in [3.8, 4) is 0 Å². The van der Waals surface area contributed by atoms with E-state index in [1.807, 2.05) is 24.3 Å². The van der Waals surface area contributed by atoms with Gasteiger partial charge < -0.3 is 16.4 Å². The fourth-order valence-corrected chi connectivity index (χ4v) is 1.62. The van der Waals surface area contributed by atoms with Gasteiger partial charge in [-0.05, 0) is 24.4 Å². The van der Waals surface area contributed by atoms with E-state index in [4.69, 9.17) is 18.0 Å². The molecule has 78 valence electrons. The number of anilines is 1. The highest BCUT2D eigenvalue weighted by Gasteiger charge is 2.11. The molecule has 1 aromatic carbocycles. The number of hydrogen-bond donors (Lipinski definition) is 3. The maximum Gasteiger partial charge on any atom is 0.168 e. The average Bonchev–Trinajstić information content (AvgIpc) is 2.70. The Bertz CT molecular complexity index is 414. The summed E-state index contributed by atoms with van der Waals surface area (Å²) in [6.45, 7) is 1.70. The molecule has 0 unspecified atom stereocenters. The van der Waals surface area contributed by atoms with E-state index in [2.05, 4.69) is 15.6 Å². The van der Waals surface area contributed by atoms with Crippen molar-refractivity contribution in [2.45, 2.75) is 0 Å². The minimum atomic E-state index is 0.265. The summed E-state index contributed by atoms with van der Waals surface area (Å²) in [7, 11) is 0. The van der Waals surface area contributed by atoms with Crippen LogP contribution >= 0.6 is 12.2 Å². The summed E-state index contributed by atoms with van der Waals surface area (Å²) in [5, 5.41) is 6.42. The van der Waals surface area contributed by atoms with E-state index >= 15 is 0 Å². The maximum atomic E-state index is 5.45. The van der Waals surface area contributed by atoms with Crippen molar-refractivity contribution in [3.05, 3.63) is 29.8 Å². The van der Waals surface area contributed by atoms with Gasteiger partial charge in [-0.2, -0.15) is 0 Å². The van der Waals surface area contributed by atoms with Crippen LogP contribution in [0.2, 0.25) is 0 Å². The first-order valence-corrected chi connectivity index (χ1v) is 5.12. The van der Waals surface area contributed by atoms with Gasteiger partial charge in [-0.25, -0.2) is 0 Å². The zero-order valence-electron chi connectivity index (χ0n) is 8.16. The van der Waals surface area contributed by atoms with E-state index in [-0.39, 0.29) is 5.11 Å². The fraction of sp³-hybridized carbons (Fsp3) is 0.200. The second-order valence-corrected chi connectivity index (χ2v) is 3.63. The zero-order chi connectivity index (χ0) is 10.7. The fourth-order valence-electron chi connectivity index (χ4n) is 1.51. The number of thiocarbonyl (C=S) groups is 1. The van der Waals surface area contributed by atoms with Crippen LogP contribution in [0.25, 0.3) is 0 Å². The molecule has 1 aliphatic rings. The van der Waals surface area contributed by atoms with Crippen molar-refractivity contribution >= 4 is 28.9 Å². The van der Waals surface area contributed by atoms with Crippen molar-refractivity contribution in [1.82, 2.24) is 5.32 Å². The molecule has 0 amide bonds. The van der Waals surface area contributed by atoms with E-state index < -0.39 is 0 Å².